The van der Waals surface area contributed by atoms with Gasteiger partial charge >= 0.3 is 6.09 Å². The van der Waals surface area contributed by atoms with Gasteiger partial charge in [-0.3, -0.25) is 0 Å². The second-order valence-corrected chi connectivity index (χ2v) is 5.64. The van der Waals surface area contributed by atoms with Crippen LogP contribution in [0.25, 0.3) is 0 Å². The first-order chi connectivity index (χ1) is 8.78. The lowest BCUT2D eigenvalue weighted by Gasteiger charge is -2.24. The number of halogens is 1. The van der Waals surface area contributed by atoms with Gasteiger partial charge in [-0.1, -0.05) is 17.7 Å². The van der Waals surface area contributed by atoms with Crippen LogP contribution in [0.2, 0.25) is 5.02 Å². The molecule has 0 heterocycles. The second kappa shape index (κ2) is 6.66. The van der Waals surface area contributed by atoms with E-state index in [1.807, 2.05) is 32.9 Å². The van der Waals surface area contributed by atoms with Crippen LogP contribution in [0.5, 0.6) is 5.75 Å². The number of likely N-dealkylation sites (N-methyl/N-ethyl adjacent to an activating group) is 1. The van der Waals surface area contributed by atoms with Gasteiger partial charge in [-0.05, 0) is 39.0 Å². The van der Waals surface area contributed by atoms with Gasteiger partial charge in [0.05, 0.1) is 6.54 Å². The standard InChI is InChI=1S/C14H20ClNO3/c1-14(2,3)19-13(17)16(4)8-9-18-12-7-5-6-11(15)10-12/h5-7,10H,8-9H2,1-4H3. The van der Waals surface area contributed by atoms with Crippen LogP contribution in [0.1, 0.15) is 20.8 Å². The van der Waals surface area contributed by atoms with Gasteiger partial charge in [0.2, 0.25) is 0 Å². The van der Waals surface area contributed by atoms with Crippen LogP contribution in [-0.4, -0.2) is 36.8 Å². The maximum absolute atomic E-state index is 11.7. The van der Waals surface area contributed by atoms with E-state index in [9.17, 15) is 4.79 Å². The Kier molecular flexibility index (Phi) is 5.48. The smallest absolute Gasteiger partial charge is 0.410 e. The Morgan fingerprint density at radius 2 is 2.05 bits per heavy atom. The summed E-state index contributed by atoms with van der Waals surface area (Å²) in [4.78, 5) is 13.2. The van der Waals surface area contributed by atoms with Crippen molar-refractivity contribution in [2.75, 3.05) is 20.2 Å². The van der Waals surface area contributed by atoms with Gasteiger partial charge in [0.25, 0.3) is 0 Å². The Balaban J connectivity index is 2.34. The van der Waals surface area contributed by atoms with Crippen LogP contribution in [0.15, 0.2) is 24.3 Å². The van der Waals surface area contributed by atoms with Gasteiger partial charge in [-0.25, -0.2) is 4.79 Å². The molecule has 1 aromatic rings. The van der Waals surface area contributed by atoms with Gasteiger partial charge < -0.3 is 14.4 Å². The van der Waals surface area contributed by atoms with Crippen molar-refractivity contribution >= 4 is 17.7 Å². The number of hydrogen-bond donors (Lipinski definition) is 0. The molecule has 0 saturated carbocycles. The highest BCUT2D eigenvalue weighted by molar-refractivity contribution is 6.30. The number of ether oxygens (including phenoxy) is 2. The van der Waals surface area contributed by atoms with Crippen LogP contribution >= 0.6 is 11.6 Å². The van der Waals surface area contributed by atoms with Crippen LogP contribution in [0.3, 0.4) is 0 Å². The van der Waals surface area contributed by atoms with E-state index in [1.165, 1.54) is 4.90 Å². The molecular weight excluding hydrogens is 266 g/mol. The third-order valence-electron chi connectivity index (χ3n) is 2.20. The highest BCUT2D eigenvalue weighted by Crippen LogP contribution is 2.17. The number of hydrogen-bond acceptors (Lipinski definition) is 3. The lowest BCUT2D eigenvalue weighted by atomic mass is 10.2. The molecule has 1 aromatic carbocycles. The van der Waals surface area contributed by atoms with Crippen molar-refractivity contribution in [1.82, 2.24) is 4.90 Å². The number of amides is 1. The summed E-state index contributed by atoms with van der Waals surface area (Å²) >= 11 is 5.84. The molecular formula is C14H20ClNO3. The first-order valence-corrected chi connectivity index (χ1v) is 6.48. The molecule has 4 nitrogen and oxygen atoms in total. The first kappa shape index (κ1) is 15.6. The zero-order chi connectivity index (χ0) is 14.5. The third kappa shape index (κ3) is 6.34. The van der Waals surface area contributed by atoms with Crippen molar-refractivity contribution in [3.05, 3.63) is 29.3 Å². The van der Waals surface area contributed by atoms with Gasteiger partial charge in [0.15, 0.2) is 0 Å². The monoisotopic (exact) mass is 285 g/mol. The highest BCUT2D eigenvalue weighted by atomic mass is 35.5. The summed E-state index contributed by atoms with van der Waals surface area (Å²) < 4.78 is 10.7. The number of carbonyl (C=O) groups is 1. The minimum Gasteiger partial charge on any atom is -0.492 e. The largest absolute Gasteiger partial charge is 0.492 e. The fourth-order valence-corrected chi connectivity index (χ4v) is 1.47. The molecule has 1 amide bonds. The van der Waals surface area contributed by atoms with Crippen molar-refractivity contribution in [2.45, 2.75) is 26.4 Å². The molecule has 0 aliphatic carbocycles. The number of carbonyl (C=O) groups excluding carboxylic acids is 1. The molecule has 0 unspecified atom stereocenters. The van der Waals surface area contributed by atoms with Crippen molar-refractivity contribution < 1.29 is 14.3 Å². The van der Waals surface area contributed by atoms with E-state index in [4.69, 9.17) is 21.1 Å². The van der Waals surface area contributed by atoms with E-state index in [0.29, 0.717) is 23.9 Å². The van der Waals surface area contributed by atoms with Crippen LogP contribution < -0.4 is 4.74 Å². The van der Waals surface area contributed by atoms with Gasteiger partial charge in [0.1, 0.15) is 18.0 Å². The fraction of sp³-hybridized carbons (Fsp3) is 0.500. The van der Waals surface area contributed by atoms with Crippen LogP contribution in [0.4, 0.5) is 4.79 Å². The summed E-state index contributed by atoms with van der Waals surface area (Å²) in [6, 6.07) is 7.14. The molecule has 106 valence electrons. The van der Waals surface area contributed by atoms with E-state index in [1.54, 1.807) is 19.2 Å². The molecule has 19 heavy (non-hydrogen) atoms. The van der Waals surface area contributed by atoms with E-state index in [2.05, 4.69) is 0 Å². The van der Waals surface area contributed by atoms with Crippen molar-refractivity contribution in [1.29, 1.82) is 0 Å². The molecule has 0 bridgehead atoms. The van der Waals surface area contributed by atoms with E-state index in [-0.39, 0.29) is 6.09 Å². The molecule has 0 aromatic heterocycles. The second-order valence-electron chi connectivity index (χ2n) is 5.21. The first-order valence-electron chi connectivity index (χ1n) is 6.10. The summed E-state index contributed by atoms with van der Waals surface area (Å²) in [5, 5.41) is 0.623. The summed E-state index contributed by atoms with van der Waals surface area (Å²) in [6.45, 7) is 6.33. The molecule has 1 rings (SSSR count). The Morgan fingerprint density at radius 3 is 2.63 bits per heavy atom. The van der Waals surface area contributed by atoms with E-state index >= 15 is 0 Å². The van der Waals surface area contributed by atoms with Crippen molar-refractivity contribution in [3.63, 3.8) is 0 Å². The Hall–Kier alpha value is -1.42. The van der Waals surface area contributed by atoms with Gasteiger partial charge in [0, 0.05) is 12.1 Å². The molecule has 0 N–H and O–H groups in total. The number of benzene rings is 1. The molecule has 0 aliphatic rings. The van der Waals surface area contributed by atoms with Crippen LogP contribution in [-0.2, 0) is 4.74 Å². The van der Waals surface area contributed by atoms with Crippen molar-refractivity contribution in [2.24, 2.45) is 0 Å². The summed E-state index contributed by atoms with van der Waals surface area (Å²) in [5.74, 6) is 0.685. The Morgan fingerprint density at radius 1 is 1.37 bits per heavy atom. The number of rotatable bonds is 4. The zero-order valence-corrected chi connectivity index (χ0v) is 12.5. The normalized spacial score (nSPS) is 11.0. The predicted octanol–water partition coefficient (Wildman–Crippen LogP) is 3.59. The summed E-state index contributed by atoms with van der Waals surface area (Å²) in [6.07, 6.45) is -0.359. The lowest BCUT2D eigenvalue weighted by Crippen LogP contribution is -2.36. The van der Waals surface area contributed by atoms with Crippen molar-refractivity contribution in [3.8, 4) is 5.75 Å². The molecule has 0 fully saturated rings. The average Bonchev–Trinajstić information content (AvgIpc) is 2.26. The minimum absolute atomic E-state index is 0.359. The SMILES string of the molecule is CN(CCOc1cccc(Cl)c1)C(=O)OC(C)(C)C. The lowest BCUT2D eigenvalue weighted by molar-refractivity contribution is 0.0278. The maximum Gasteiger partial charge on any atom is 0.410 e. The van der Waals surface area contributed by atoms with Gasteiger partial charge in [-0.2, -0.15) is 0 Å². The highest BCUT2D eigenvalue weighted by Gasteiger charge is 2.19. The van der Waals surface area contributed by atoms with E-state index < -0.39 is 5.60 Å². The molecule has 0 aliphatic heterocycles. The Labute approximate surface area is 119 Å². The van der Waals surface area contributed by atoms with Gasteiger partial charge in [-0.15, -0.1) is 0 Å². The average molecular weight is 286 g/mol. The summed E-state index contributed by atoms with van der Waals surface area (Å²) in [7, 11) is 1.68. The molecule has 0 atom stereocenters. The molecule has 0 spiro atoms. The molecule has 5 heteroatoms. The van der Waals surface area contributed by atoms with Crippen LogP contribution in [0, 0.1) is 0 Å². The van der Waals surface area contributed by atoms with E-state index in [0.717, 1.165) is 0 Å². The quantitative estimate of drug-likeness (QED) is 0.849. The predicted molar refractivity (Wildman–Crippen MR) is 75.8 cm³/mol. The molecule has 0 radical (unpaired) electrons. The Bertz CT molecular complexity index is 429. The minimum atomic E-state index is -0.487. The molecule has 0 saturated heterocycles. The zero-order valence-electron chi connectivity index (χ0n) is 11.8. The number of nitrogens with zero attached hydrogens (tertiary/aromatic N) is 1. The third-order valence-corrected chi connectivity index (χ3v) is 2.43. The topological polar surface area (TPSA) is 38.8 Å². The maximum atomic E-state index is 11.7. The summed E-state index contributed by atoms with van der Waals surface area (Å²) in [5.41, 5.74) is -0.487. The fourth-order valence-electron chi connectivity index (χ4n) is 1.29.